The van der Waals surface area contributed by atoms with Crippen molar-refractivity contribution in [3.05, 3.63) is 75.4 Å². The summed E-state index contributed by atoms with van der Waals surface area (Å²) in [7, 11) is 0. The lowest BCUT2D eigenvalue weighted by Gasteiger charge is -2.26. The molecule has 0 unspecified atom stereocenters. The molecule has 0 bridgehead atoms. The Balaban J connectivity index is 1.51. The third-order valence-corrected chi connectivity index (χ3v) is 4.76. The second kappa shape index (κ2) is 6.80. The first-order chi connectivity index (χ1) is 12.6. The van der Waals surface area contributed by atoms with Crippen LogP contribution in [-0.2, 0) is 24.3 Å². The van der Waals surface area contributed by atoms with Crippen molar-refractivity contribution in [1.82, 2.24) is 19.4 Å². The zero-order chi connectivity index (χ0) is 18.1. The number of fused-ring (bicyclic) bond motifs is 1. The number of hydrogen-bond donors (Lipinski definition) is 1. The lowest BCUT2D eigenvalue weighted by Crippen LogP contribution is -2.39. The Labute approximate surface area is 155 Å². The molecule has 1 N–H and O–H groups in total. The van der Waals surface area contributed by atoms with Gasteiger partial charge in [-0.2, -0.15) is 0 Å². The van der Waals surface area contributed by atoms with E-state index in [-0.39, 0.29) is 18.0 Å². The fraction of sp³-hybridized carbons (Fsp3) is 0.211. The third-order valence-electron chi connectivity index (χ3n) is 4.51. The summed E-state index contributed by atoms with van der Waals surface area (Å²) in [4.78, 5) is 34.1. The number of H-pyrrole nitrogens is 1. The molecule has 0 saturated carbocycles. The molecule has 132 valence electrons. The average Bonchev–Trinajstić information content (AvgIpc) is 3.07. The molecular formula is C19H17ClN4O2. The van der Waals surface area contributed by atoms with Gasteiger partial charge in [-0.3, -0.25) is 9.59 Å². The van der Waals surface area contributed by atoms with Crippen molar-refractivity contribution >= 4 is 17.5 Å². The van der Waals surface area contributed by atoms with E-state index in [9.17, 15) is 9.59 Å². The van der Waals surface area contributed by atoms with Crippen LogP contribution in [0.25, 0.3) is 11.4 Å². The molecule has 0 aliphatic carbocycles. The van der Waals surface area contributed by atoms with Crippen LogP contribution in [0, 0.1) is 0 Å². The molecule has 0 spiro atoms. The maximum absolute atomic E-state index is 12.6. The topological polar surface area (TPSA) is 71.0 Å². The van der Waals surface area contributed by atoms with Gasteiger partial charge in [-0.1, -0.05) is 17.7 Å². The van der Waals surface area contributed by atoms with Crippen molar-refractivity contribution < 1.29 is 4.79 Å². The van der Waals surface area contributed by atoms with Gasteiger partial charge in [-0.05, 0) is 30.3 Å². The molecule has 1 aliphatic heterocycles. The summed E-state index contributed by atoms with van der Waals surface area (Å²) in [6.45, 7) is 1.11. The van der Waals surface area contributed by atoms with Crippen LogP contribution in [0.2, 0.25) is 5.02 Å². The first-order valence-corrected chi connectivity index (χ1v) is 8.75. The van der Waals surface area contributed by atoms with Crippen molar-refractivity contribution in [2.45, 2.75) is 19.5 Å². The number of halogens is 1. The summed E-state index contributed by atoms with van der Waals surface area (Å²) in [6, 6.07) is 12.3. The van der Waals surface area contributed by atoms with Crippen LogP contribution >= 0.6 is 11.6 Å². The molecule has 26 heavy (non-hydrogen) atoms. The number of aromatic nitrogens is 3. The van der Waals surface area contributed by atoms with Gasteiger partial charge in [-0.25, -0.2) is 4.98 Å². The van der Waals surface area contributed by atoms with E-state index in [1.54, 1.807) is 23.2 Å². The predicted octanol–water partition coefficient (Wildman–Crippen LogP) is 2.48. The van der Waals surface area contributed by atoms with Gasteiger partial charge in [0.1, 0.15) is 12.4 Å². The molecule has 3 aromatic rings. The highest BCUT2D eigenvalue weighted by Crippen LogP contribution is 2.24. The molecule has 4 rings (SSSR count). The summed E-state index contributed by atoms with van der Waals surface area (Å²) < 4.78 is 1.42. The molecule has 0 radical (unpaired) electrons. The summed E-state index contributed by atoms with van der Waals surface area (Å²) >= 11 is 5.93. The molecule has 6 nitrogen and oxygen atoms in total. The lowest BCUT2D eigenvalue weighted by molar-refractivity contribution is -0.132. The Kier molecular flexibility index (Phi) is 4.34. The molecule has 0 atom stereocenters. The van der Waals surface area contributed by atoms with E-state index < -0.39 is 0 Å². The number of aromatic amines is 1. The van der Waals surface area contributed by atoms with Crippen molar-refractivity contribution in [1.29, 1.82) is 0 Å². The number of nitrogens with one attached hydrogen (secondary N) is 1. The predicted molar refractivity (Wildman–Crippen MR) is 98.9 cm³/mol. The van der Waals surface area contributed by atoms with E-state index in [0.717, 1.165) is 22.8 Å². The Morgan fingerprint density at radius 3 is 2.77 bits per heavy atom. The first kappa shape index (κ1) is 16.6. The minimum Gasteiger partial charge on any atom is -0.340 e. The van der Waals surface area contributed by atoms with Crippen LogP contribution < -0.4 is 5.56 Å². The largest absolute Gasteiger partial charge is 0.340 e. The van der Waals surface area contributed by atoms with Gasteiger partial charge in [0.05, 0.1) is 17.9 Å². The maximum Gasteiger partial charge on any atom is 0.250 e. The second-order valence-corrected chi connectivity index (χ2v) is 6.69. The van der Waals surface area contributed by atoms with Gasteiger partial charge in [-0.15, -0.1) is 0 Å². The van der Waals surface area contributed by atoms with Gasteiger partial charge < -0.3 is 14.5 Å². The van der Waals surface area contributed by atoms with Crippen LogP contribution in [0.4, 0.5) is 0 Å². The second-order valence-electron chi connectivity index (χ2n) is 6.25. The Hall–Kier alpha value is -2.86. The van der Waals surface area contributed by atoms with E-state index in [1.807, 2.05) is 24.3 Å². The zero-order valence-electron chi connectivity index (χ0n) is 14.0. The van der Waals surface area contributed by atoms with Crippen molar-refractivity contribution in [3.8, 4) is 11.4 Å². The fourth-order valence-electron chi connectivity index (χ4n) is 3.09. The van der Waals surface area contributed by atoms with Crippen LogP contribution in [0.15, 0.2) is 53.5 Å². The van der Waals surface area contributed by atoms with E-state index in [0.29, 0.717) is 24.5 Å². The van der Waals surface area contributed by atoms with Gasteiger partial charge in [0.25, 0.3) is 5.56 Å². The standard InChI is InChI=1S/C19H17ClN4O2/c20-14-6-4-13(5-7-14)19-21-15-8-10-24(11-16(15)22-19)18(26)12-23-9-2-1-3-17(23)25/h1-7,9H,8,10-12H2,(H,21,22). The number of carbonyl (C=O) groups is 1. The summed E-state index contributed by atoms with van der Waals surface area (Å²) in [5.74, 6) is 0.701. The number of pyridine rings is 1. The Bertz CT molecular complexity index is 1010. The summed E-state index contributed by atoms with van der Waals surface area (Å²) in [6.07, 6.45) is 2.32. The van der Waals surface area contributed by atoms with Crippen LogP contribution in [0.3, 0.4) is 0 Å². The third kappa shape index (κ3) is 3.28. The average molecular weight is 369 g/mol. The quantitative estimate of drug-likeness (QED) is 0.772. The van der Waals surface area contributed by atoms with Crippen LogP contribution in [0.5, 0.6) is 0 Å². The number of carbonyl (C=O) groups excluding carboxylic acids is 1. The first-order valence-electron chi connectivity index (χ1n) is 8.37. The number of rotatable bonds is 3. The van der Waals surface area contributed by atoms with E-state index in [2.05, 4.69) is 9.97 Å². The van der Waals surface area contributed by atoms with E-state index in [1.165, 1.54) is 10.6 Å². The Morgan fingerprint density at radius 1 is 1.19 bits per heavy atom. The molecule has 1 amide bonds. The summed E-state index contributed by atoms with van der Waals surface area (Å²) in [5, 5.41) is 0.679. The minimum absolute atomic E-state index is 0.0488. The highest BCUT2D eigenvalue weighted by molar-refractivity contribution is 6.30. The Morgan fingerprint density at radius 2 is 2.00 bits per heavy atom. The highest BCUT2D eigenvalue weighted by atomic mass is 35.5. The van der Waals surface area contributed by atoms with Gasteiger partial charge in [0.2, 0.25) is 5.91 Å². The maximum atomic E-state index is 12.6. The summed E-state index contributed by atoms with van der Waals surface area (Å²) in [5.41, 5.74) is 2.70. The molecule has 0 fully saturated rings. The molecule has 1 aliphatic rings. The number of imidazole rings is 1. The zero-order valence-corrected chi connectivity index (χ0v) is 14.7. The van der Waals surface area contributed by atoms with Gasteiger partial charge in [0, 0.05) is 35.8 Å². The number of amides is 1. The van der Waals surface area contributed by atoms with Crippen LogP contribution in [0.1, 0.15) is 11.4 Å². The smallest absolute Gasteiger partial charge is 0.250 e. The monoisotopic (exact) mass is 368 g/mol. The van der Waals surface area contributed by atoms with Crippen molar-refractivity contribution in [2.24, 2.45) is 0 Å². The van der Waals surface area contributed by atoms with E-state index >= 15 is 0 Å². The highest BCUT2D eigenvalue weighted by Gasteiger charge is 2.24. The molecule has 2 aromatic heterocycles. The van der Waals surface area contributed by atoms with E-state index in [4.69, 9.17) is 11.6 Å². The minimum atomic E-state index is -0.176. The number of nitrogens with zero attached hydrogens (tertiary/aromatic N) is 3. The molecule has 0 saturated heterocycles. The lowest BCUT2D eigenvalue weighted by atomic mass is 10.1. The molecular weight excluding hydrogens is 352 g/mol. The number of benzene rings is 1. The van der Waals surface area contributed by atoms with Gasteiger partial charge >= 0.3 is 0 Å². The fourth-order valence-corrected chi connectivity index (χ4v) is 3.21. The number of hydrogen-bond acceptors (Lipinski definition) is 3. The SMILES string of the molecule is O=C(Cn1ccccc1=O)N1CCc2nc(-c3ccc(Cl)cc3)[nH]c2C1. The molecule has 3 heterocycles. The van der Waals surface area contributed by atoms with Crippen molar-refractivity contribution in [3.63, 3.8) is 0 Å². The van der Waals surface area contributed by atoms with Crippen molar-refractivity contribution in [2.75, 3.05) is 6.54 Å². The molecule has 7 heteroatoms. The normalized spacial score (nSPS) is 13.5. The van der Waals surface area contributed by atoms with Crippen LogP contribution in [-0.4, -0.2) is 31.9 Å². The molecule has 1 aromatic carbocycles. The van der Waals surface area contributed by atoms with Gasteiger partial charge in [0.15, 0.2) is 0 Å².